The summed E-state index contributed by atoms with van der Waals surface area (Å²) in [6, 6.07) is 0.910. The van der Waals surface area contributed by atoms with Gasteiger partial charge in [0.2, 0.25) is 0 Å². The molecule has 0 aliphatic rings. The molecule has 1 aromatic carbocycles. The Bertz CT molecular complexity index is 468. The Kier molecular flexibility index (Phi) is 3.38. The summed E-state index contributed by atoms with van der Waals surface area (Å²) < 4.78 is 60.5. The van der Waals surface area contributed by atoms with E-state index in [0.29, 0.717) is 12.1 Å². The number of hydrogen-bond donors (Lipinski definition) is 0. The highest BCUT2D eigenvalue weighted by Crippen LogP contribution is 2.16. The molecule has 0 N–H and O–H groups in total. The van der Waals surface area contributed by atoms with Gasteiger partial charge in [-0.2, -0.15) is 0 Å². The van der Waals surface area contributed by atoms with Crippen LogP contribution in [0.1, 0.15) is 12.5 Å². The van der Waals surface area contributed by atoms with Crippen LogP contribution in [-0.2, 0) is 15.6 Å². The number of halogens is 3. The van der Waals surface area contributed by atoms with Crippen molar-refractivity contribution in [3.05, 3.63) is 35.1 Å². The van der Waals surface area contributed by atoms with Gasteiger partial charge in [-0.25, -0.2) is 21.6 Å². The molecule has 0 saturated carbocycles. The number of benzene rings is 1. The van der Waals surface area contributed by atoms with Crippen molar-refractivity contribution in [3.8, 4) is 0 Å². The third-order valence-electron chi connectivity index (χ3n) is 1.90. The van der Waals surface area contributed by atoms with Crippen LogP contribution in [0.5, 0.6) is 0 Å². The summed E-state index contributed by atoms with van der Waals surface area (Å²) in [5.41, 5.74) is -0.351. The molecule has 84 valence electrons. The molecule has 0 bridgehead atoms. The van der Waals surface area contributed by atoms with E-state index in [1.165, 1.54) is 6.92 Å². The minimum atomic E-state index is -3.45. The fourth-order valence-corrected chi connectivity index (χ4v) is 1.91. The Morgan fingerprint density at radius 2 is 1.60 bits per heavy atom. The second-order valence-corrected chi connectivity index (χ2v) is 5.39. The van der Waals surface area contributed by atoms with Gasteiger partial charge in [0, 0.05) is 17.4 Å². The van der Waals surface area contributed by atoms with Gasteiger partial charge >= 0.3 is 0 Å². The highest BCUT2D eigenvalue weighted by molar-refractivity contribution is 7.90. The van der Waals surface area contributed by atoms with E-state index in [9.17, 15) is 21.6 Å². The zero-order valence-electron chi connectivity index (χ0n) is 7.93. The molecule has 0 fully saturated rings. The molecule has 1 rings (SSSR count). The second-order valence-electron chi connectivity index (χ2n) is 3.03. The maximum Gasteiger partial charge on any atom is 0.161 e. The highest BCUT2D eigenvalue weighted by Gasteiger charge is 2.15. The second kappa shape index (κ2) is 4.22. The monoisotopic (exact) mass is 238 g/mol. The molecular formula is C9H9F3O2S. The van der Waals surface area contributed by atoms with Crippen LogP contribution in [0, 0.1) is 17.5 Å². The van der Waals surface area contributed by atoms with E-state index in [2.05, 4.69) is 0 Å². The van der Waals surface area contributed by atoms with Crippen LogP contribution in [0.15, 0.2) is 12.1 Å². The number of rotatable bonds is 3. The first-order valence-corrected chi connectivity index (χ1v) is 6.01. The van der Waals surface area contributed by atoms with Gasteiger partial charge in [0.1, 0.15) is 5.82 Å². The largest absolute Gasteiger partial charge is 0.229 e. The zero-order chi connectivity index (χ0) is 11.6. The molecular weight excluding hydrogens is 229 g/mol. The van der Waals surface area contributed by atoms with E-state index in [1.54, 1.807) is 0 Å². The van der Waals surface area contributed by atoms with Crippen LogP contribution < -0.4 is 0 Å². The SMILES string of the molecule is CCS(=O)(=O)Cc1cc(F)c(F)cc1F. The number of sulfone groups is 1. The molecule has 0 radical (unpaired) electrons. The van der Waals surface area contributed by atoms with Crippen molar-refractivity contribution in [3.63, 3.8) is 0 Å². The summed E-state index contributed by atoms with van der Waals surface area (Å²) in [7, 11) is -3.45. The molecule has 0 aliphatic heterocycles. The van der Waals surface area contributed by atoms with Gasteiger partial charge in [0.05, 0.1) is 5.75 Å². The lowest BCUT2D eigenvalue weighted by Gasteiger charge is -2.04. The first kappa shape index (κ1) is 12.0. The summed E-state index contributed by atoms with van der Waals surface area (Å²) in [6.45, 7) is 1.40. The van der Waals surface area contributed by atoms with E-state index in [4.69, 9.17) is 0 Å². The Hall–Kier alpha value is -1.04. The molecule has 0 aromatic heterocycles. The standard InChI is InChI=1S/C9H9F3O2S/c1-2-15(13,14)5-6-3-8(11)9(12)4-7(6)10/h3-4H,2,5H2,1H3. The van der Waals surface area contributed by atoms with Crippen molar-refractivity contribution in [2.24, 2.45) is 0 Å². The van der Waals surface area contributed by atoms with Crippen molar-refractivity contribution < 1.29 is 21.6 Å². The van der Waals surface area contributed by atoms with Crippen molar-refractivity contribution in [2.75, 3.05) is 5.75 Å². The molecule has 0 unspecified atom stereocenters. The van der Waals surface area contributed by atoms with Crippen LogP contribution in [0.25, 0.3) is 0 Å². The predicted octanol–water partition coefficient (Wildman–Crippen LogP) is 2.04. The fourth-order valence-electron chi connectivity index (χ4n) is 1.01. The van der Waals surface area contributed by atoms with E-state index < -0.39 is 33.0 Å². The molecule has 0 saturated heterocycles. The average molecular weight is 238 g/mol. The van der Waals surface area contributed by atoms with Gasteiger partial charge in [0.25, 0.3) is 0 Å². The molecule has 0 spiro atoms. The molecule has 1 aromatic rings. The molecule has 0 amide bonds. The smallest absolute Gasteiger partial charge is 0.161 e. The third kappa shape index (κ3) is 2.95. The van der Waals surface area contributed by atoms with Crippen molar-refractivity contribution in [1.82, 2.24) is 0 Å². The first-order chi connectivity index (χ1) is 6.85. The lowest BCUT2D eigenvalue weighted by Crippen LogP contribution is -2.08. The maximum absolute atomic E-state index is 13.0. The molecule has 2 nitrogen and oxygen atoms in total. The van der Waals surface area contributed by atoms with Crippen molar-refractivity contribution in [2.45, 2.75) is 12.7 Å². The third-order valence-corrected chi connectivity index (χ3v) is 3.54. The Labute approximate surface area is 85.6 Å². The average Bonchev–Trinajstić information content (AvgIpc) is 2.14. The van der Waals surface area contributed by atoms with Gasteiger partial charge in [-0.1, -0.05) is 6.92 Å². The number of hydrogen-bond acceptors (Lipinski definition) is 2. The normalized spacial score (nSPS) is 11.7. The topological polar surface area (TPSA) is 34.1 Å². The zero-order valence-corrected chi connectivity index (χ0v) is 8.74. The van der Waals surface area contributed by atoms with Crippen LogP contribution in [-0.4, -0.2) is 14.2 Å². The summed E-state index contributed by atoms with van der Waals surface area (Å²) in [6.07, 6.45) is 0. The molecule has 15 heavy (non-hydrogen) atoms. The summed E-state index contributed by atoms with van der Waals surface area (Å²) in [5, 5.41) is 0. The predicted molar refractivity (Wildman–Crippen MR) is 49.5 cm³/mol. The summed E-state index contributed by atoms with van der Waals surface area (Å²) in [5.74, 6) is -4.42. The van der Waals surface area contributed by atoms with Gasteiger partial charge < -0.3 is 0 Å². The lowest BCUT2D eigenvalue weighted by molar-refractivity contribution is 0.491. The Morgan fingerprint density at radius 1 is 1.07 bits per heavy atom. The molecule has 6 heteroatoms. The van der Waals surface area contributed by atoms with Crippen LogP contribution in [0.3, 0.4) is 0 Å². The van der Waals surface area contributed by atoms with E-state index >= 15 is 0 Å². The quantitative estimate of drug-likeness (QED) is 0.755. The molecule has 0 heterocycles. The van der Waals surface area contributed by atoms with Crippen LogP contribution >= 0.6 is 0 Å². The van der Waals surface area contributed by atoms with E-state index in [0.717, 1.165) is 0 Å². The Morgan fingerprint density at radius 3 is 2.13 bits per heavy atom. The fraction of sp³-hybridized carbons (Fsp3) is 0.333. The van der Waals surface area contributed by atoms with Crippen molar-refractivity contribution in [1.29, 1.82) is 0 Å². The van der Waals surface area contributed by atoms with Gasteiger partial charge in [-0.05, 0) is 6.07 Å². The highest BCUT2D eigenvalue weighted by atomic mass is 32.2. The van der Waals surface area contributed by atoms with Crippen LogP contribution in [0.4, 0.5) is 13.2 Å². The maximum atomic E-state index is 13.0. The van der Waals surface area contributed by atoms with Crippen LogP contribution in [0.2, 0.25) is 0 Å². The summed E-state index contributed by atoms with van der Waals surface area (Å²) >= 11 is 0. The minimum absolute atomic E-state index is 0.175. The molecule has 0 aliphatic carbocycles. The van der Waals surface area contributed by atoms with Gasteiger partial charge in [-0.3, -0.25) is 0 Å². The molecule has 0 atom stereocenters. The van der Waals surface area contributed by atoms with Gasteiger partial charge in [0.15, 0.2) is 21.5 Å². The Balaban J connectivity index is 3.12. The minimum Gasteiger partial charge on any atom is -0.229 e. The van der Waals surface area contributed by atoms with E-state index in [1.807, 2.05) is 0 Å². The summed E-state index contributed by atoms with van der Waals surface area (Å²) in [4.78, 5) is 0. The van der Waals surface area contributed by atoms with Crippen molar-refractivity contribution >= 4 is 9.84 Å². The van der Waals surface area contributed by atoms with Gasteiger partial charge in [-0.15, -0.1) is 0 Å². The first-order valence-electron chi connectivity index (χ1n) is 4.19. The lowest BCUT2D eigenvalue weighted by atomic mass is 10.2. The van der Waals surface area contributed by atoms with E-state index in [-0.39, 0.29) is 11.3 Å².